The minimum absolute atomic E-state index is 0.213. The zero-order valence-corrected chi connectivity index (χ0v) is 11.1. The fourth-order valence-electron chi connectivity index (χ4n) is 2.43. The molecule has 0 spiro atoms. The number of rotatable bonds is 4. The maximum absolute atomic E-state index is 11.8. The quantitative estimate of drug-likeness (QED) is 0.613. The largest absolute Gasteiger partial charge is 0.350 e. The highest BCUT2D eigenvalue weighted by molar-refractivity contribution is 7.90. The van der Waals surface area contributed by atoms with Crippen LogP contribution in [0.5, 0.6) is 0 Å². The van der Waals surface area contributed by atoms with E-state index in [0.717, 1.165) is 25.7 Å². The highest BCUT2D eigenvalue weighted by atomic mass is 32.2. The first-order valence-electron chi connectivity index (χ1n) is 6.07. The van der Waals surface area contributed by atoms with Gasteiger partial charge in [0.1, 0.15) is 0 Å². The molecule has 0 aromatic rings. The van der Waals surface area contributed by atoms with Crippen LogP contribution in [0.15, 0.2) is 23.9 Å². The van der Waals surface area contributed by atoms with Gasteiger partial charge in [0.2, 0.25) is 15.0 Å². The molecule has 106 valence electrons. The Bertz CT molecular complexity index is 533. The van der Waals surface area contributed by atoms with E-state index in [2.05, 4.69) is 0 Å². The Morgan fingerprint density at radius 2 is 2.05 bits per heavy atom. The number of hydrogen-bond donors (Lipinski definition) is 1. The van der Waals surface area contributed by atoms with Crippen molar-refractivity contribution < 1.29 is 18.1 Å². The van der Waals surface area contributed by atoms with E-state index in [4.69, 9.17) is 9.88 Å². The van der Waals surface area contributed by atoms with E-state index < -0.39 is 19.9 Å². The van der Waals surface area contributed by atoms with Crippen LogP contribution in [0.3, 0.4) is 0 Å². The van der Waals surface area contributed by atoms with Gasteiger partial charge in [-0.2, -0.15) is 0 Å². The van der Waals surface area contributed by atoms with Crippen LogP contribution >= 0.6 is 0 Å². The minimum Gasteiger partial charge on any atom is -0.350 e. The van der Waals surface area contributed by atoms with Gasteiger partial charge in [-0.05, 0) is 18.9 Å². The van der Waals surface area contributed by atoms with Gasteiger partial charge in [0.25, 0.3) is 5.70 Å². The van der Waals surface area contributed by atoms with Crippen molar-refractivity contribution in [3.63, 3.8) is 0 Å². The third-order valence-electron chi connectivity index (χ3n) is 3.45. The maximum atomic E-state index is 11.8. The van der Waals surface area contributed by atoms with Crippen LogP contribution in [0.4, 0.5) is 0 Å². The molecule has 2 aliphatic rings. The molecule has 1 saturated carbocycles. The van der Waals surface area contributed by atoms with Gasteiger partial charge in [-0.1, -0.05) is 18.9 Å². The Hall–Kier alpha value is -1.25. The fourth-order valence-corrected chi connectivity index (χ4v) is 3.32. The number of primary sulfonamides is 1. The number of nitro groups is 1. The first-order valence-corrected chi connectivity index (χ1v) is 7.62. The molecule has 1 atom stereocenters. The lowest BCUT2D eigenvalue weighted by molar-refractivity contribution is -0.430. The van der Waals surface area contributed by atoms with E-state index in [1.165, 1.54) is 18.2 Å². The smallest absolute Gasteiger partial charge is 0.250 e. The van der Waals surface area contributed by atoms with E-state index in [1.54, 1.807) is 0 Å². The molecule has 0 bridgehead atoms. The van der Waals surface area contributed by atoms with Crippen LogP contribution in [-0.2, 0) is 14.8 Å². The Morgan fingerprint density at radius 1 is 1.42 bits per heavy atom. The van der Waals surface area contributed by atoms with Crippen molar-refractivity contribution in [3.05, 3.63) is 34.0 Å². The second kappa shape index (κ2) is 5.03. The van der Waals surface area contributed by atoms with Gasteiger partial charge >= 0.3 is 0 Å². The van der Waals surface area contributed by atoms with E-state index in [1.807, 2.05) is 0 Å². The second-order valence-corrected chi connectivity index (χ2v) is 6.61. The monoisotopic (exact) mass is 288 g/mol. The average Bonchev–Trinajstić information content (AvgIpc) is 2.80. The zero-order valence-electron chi connectivity index (χ0n) is 10.3. The number of nitrogens with zero attached hydrogens (tertiary/aromatic N) is 1. The summed E-state index contributed by atoms with van der Waals surface area (Å²) in [7, 11) is -4.10. The summed E-state index contributed by atoms with van der Waals surface area (Å²) < 4.78 is 29.3. The molecule has 7 nitrogen and oxygen atoms in total. The summed E-state index contributed by atoms with van der Waals surface area (Å²) in [5, 5.41) is 16.1. The molecular formula is C11H16N2O5S. The second-order valence-electron chi connectivity index (χ2n) is 4.83. The molecule has 19 heavy (non-hydrogen) atoms. The van der Waals surface area contributed by atoms with E-state index in [0.29, 0.717) is 0 Å². The van der Waals surface area contributed by atoms with Gasteiger partial charge in [0, 0.05) is 6.08 Å². The Labute approximate surface area is 111 Å². The number of sulfonamides is 1. The topological polar surface area (TPSA) is 113 Å². The summed E-state index contributed by atoms with van der Waals surface area (Å²) in [6, 6.07) is 0. The first-order chi connectivity index (χ1) is 8.84. The van der Waals surface area contributed by atoms with Crippen LogP contribution in [0.1, 0.15) is 32.1 Å². The van der Waals surface area contributed by atoms with E-state index in [-0.39, 0.29) is 18.2 Å². The number of allylic oxidation sites excluding steroid dienone is 2. The van der Waals surface area contributed by atoms with Crippen LogP contribution < -0.4 is 5.14 Å². The summed E-state index contributed by atoms with van der Waals surface area (Å²) in [5.41, 5.74) is -0.213. The molecule has 2 rings (SSSR count). The molecule has 1 fully saturated rings. The van der Waals surface area contributed by atoms with Crippen molar-refractivity contribution >= 4 is 10.0 Å². The lowest BCUT2D eigenvalue weighted by Crippen LogP contribution is -2.47. The zero-order chi connectivity index (χ0) is 14.1. The van der Waals surface area contributed by atoms with Crippen LogP contribution in [0, 0.1) is 10.1 Å². The summed E-state index contributed by atoms with van der Waals surface area (Å²) in [6.07, 6.45) is 6.75. The lowest BCUT2D eigenvalue weighted by Gasteiger charge is -2.31. The van der Waals surface area contributed by atoms with Crippen molar-refractivity contribution in [2.75, 3.05) is 0 Å². The summed E-state index contributed by atoms with van der Waals surface area (Å²) in [5.74, 6) is 0. The molecule has 0 aliphatic heterocycles. The maximum Gasteiger partial charge on any atom is 0.250 e. The molecule has 2 N–H and O–H groups in total. The van der Waals surface area contributed by atoms with Gasteiger partial charge in [-0.3, -0.25) is 10.1 Å². The van der Waals surface area contributed by atoms with Crippen molar-refractivity contribution in [2.24, 2.45) is 5.14 Å². The molecule has 0 saturated heterocycles. The Balaban J connectivity index is 2.29. The number of nitrogens with two attached hydrogens (primary N) is 1. The van der Waals surface area contributed by atoms with E-state index in [9.17, 15) is 18.5 Å². The first kappa shape index (κ1) is 14.2. The highest BCUT2D eigenvalue weighted by Crippen LogP contribution is 2.35. The SMILES string of the molecule is NS(=O)(=O)C1(OC2CCCC2)C=CC=C([N+](=O)[O-])C1. The van der Waals surface area contributed by atoms with Crippen molar-refractivity contribution in [1.82, 2.24) is 0 Å². The van der Waals surface area contributed by atoms with E-state index >= 15 is 0 Å². The lowest BCUT2D eigenvalue weighted by atomic mass is 10.1. The Kier molecular flexibility index (Phi) is 3.75. The molecule has 0 aromatic carbocycles. The van der Waals surface area contributed by atoms with Crippen molar-refractivity contribution in [1.29, 1.82) is 0 Å². The number of ether oxygens (including phenoxy) is 1. The van der Waals surface area contributed by atoms with Gasteiger partial charge in [0.15, 0.2) is 0 Å². The molecule has 0 aromatic heterocycles. The van der Waals surface area contributed by atoms with Gasteiger partial charge < -0.3 is 4.74 Å². The highest BCUT2D eigenvalue weighted by Gasteiger charge is 2.47. The van der Waals surface area contributed by atoms with Gasteiger partial charge in [0.05, 0.1) is 17.4 Å². The fraction of sp³-hybridized carbons (Fsp3) is 0.636. The minimum atomic E-state index is -4.10. The summed E-state index contributed by atoms with van der Waals surface area (Å²) >= 11 is 0. The van der Waals surface area contributed by atoms with Crippen molar-refractivity contribution in [2.45, 2.75) is 43.1 Å². The molecule has 1 unspecified atom stereocenters. The predicted octanol–water partition coefficient (Wildman–Crippen LogP) is 1.05. The number of hydrogen-bond acceptors (Lipinski definition) is 5. The van der Waals surface area contributed by atoms with Crippen molar-refractivity contribution in [3.8, 4) is 0 Å². The summed E-state index contributed by atoms with van der Waals surface area (Å²) in [4.78, 5) is 8.40. The van der Waals surface area contributed by atoms with Crippen LogP contribution in [0.25, 0.3) is 0 Å². The molecule has 0 heterocycles. The molecule has 0 radical (unpaired) electrons. The van der Waals surface area contributed by atoms with Crippen LogP contribution in [-0.4, -0.2) is 24.4 Å². The molecule has 0 amide bonds. The Morgan fingerprint density at radius 3 is 2.58 bits per heavy atom. The van der Waals surface area contributed by atoms with Crippen LogP contribution in [0.2, 0.25) is 0 Å². The standard InChI is InChI=1S/C11H16N2O5S/c12-19(16,17)11(18-10-5-1-2-6-10)7-3-4-9(8-11)13(14)15/h3-4,7,10H,1-2,5-6,8H2,(H2,12,16,17). The normalized spacial score (nSPS) is 28.4. The van der Waals surface area contributed by atoms with Gasteiger partial charge in [-0.25, -0.2) is 13.6 Å². The molecular weight excluding hydrogens is 272 g/mol. The van der Waals surface area contributed by atoms with Gasteiger partial charge in [-0.15, -0.1) is 0 Å². The third-order valence-corrected chi connectivity index (χ3v) is 4.79. The average molecular weight is 288 g/mol. The molecule has 8 heteroatoms. The predicted molar refractivity (Wildman–Crippen MR) is 68.0 cm³/mol. The summed E-state index contributed by atoms with van der Waals surface area (Å²) in [6.45, 7) is 0. The third kappa shape index (κ3) is 2.85. The molecule has 2 aliphatic carbocycles.